The number of piperazine rings is 1. The summed E-state index contributed by atoms with van der Waals surface area (Å²) in [7, 11) is 0. The van der Waals surface area contributed by atoms with Crippen molar-refractivity contribution in [2.45, 2.75) is 17.8 Å². The maximum atomic E-state index is 13.7. The van der Waals surface area contributed by atoms with Crippen LogP contribution in [0.4, 0.5) is 5.82 Å². The number of amides is 1. The molecule has 6 rings (SSSR count). The molecular formula is C27H24N4O3. The Morgan fingerprint density at radius 1 is 0.912 bits per heavy atom. The first-order valence-corrected chi connectivity index (χ1v) is 11.4. The summed E-state index contributed by atoms with van der Waals surface area (Å²) in [6.45, 7) is 0.803. The van der Waals surface area contributed by atoms with Crippen LogP contribution in [-0.2, 0) is 20.1 Å². The van der Waals surface area contributed by atoms with Crippen LogP contribution in [0, 0.1) is 0 Å². The lowest BCUT2D eigenvalue weighted by molar-refractivity contribution is -0.152. The van der Waals surface area contributed by atoms with Gasteiger partial charge >= 0.3 is 5.97 Å². The highest BCUT2D eigenvalue weighted by molar-refractivity contribution is 5.98. The molecule has 2 atom stereocenters. The fourth-order valence-corrected chi connectivity index (χ4v) is 5.16. The van der Waals surface area contributed by atoms with Crippen LogP contribution in [0.25, 0.3) is 10.9 Å². The number of para-hydroxylation sites is 1. The highest BCUT2D eigenvalue weighted by atomic mass is 16.6. The van der Waals surface area contributed by atoms with Gasteiger partial charge in [0.15, 0.2) is 0 Å². The van der Waals surface area contributed by atoms with E-state index in [2.05, 4.69) is 15.6 Å². The molecule has 0 radical (unpaired) electrons. The van der Waals surface area contributed by atoms with Gasteiger partial charge in [-0.25, -0.2) is 4.90 Å². The number of hydrogen-bond donors (Lipinski definition) is 3. The van der Waals surface area contributed by atoms with E-state index in [0.29, 0.717) is 18.9 Å². The average Bonchev–Trinajstić information content (AvgIpc) is 3.43. The fourth-order valence-electron chi connectivity index (χ4n) is 5.16. The Balaban J connectivity index is 1.43. The van der Waals surface area contributed by atoms with Gasteiger partial charge in [-0.15, -0.1) is 0 Å². The third-order valence-electron chi connectivity index (χ3n) is 6.65. The highest BCUT2D eigenvalue weighted by Gasteiger charge is 2.60. The second-order valence-corrected chi connectivity index (χ2v) is 8.65. The van der Waals surface area contributed by atoms with Crippen LogP contribution in [0.15, 0.2) is 91.0 Å². The van der Waals surface area contributed by atoms with Crippen molar-refractivity contribution in [2.75, 3.05) is 18.4 Å². The molecule has 3 aromatic carbocycles. The van der Waals surface area contributed by atoms with Crippen LogP contribution >= 0.6 is 0 Å². The highest BCUT2D eigenvalue weighted by Crippen LogP contribution is 2.45. The minimum absolute atomic E-state index is 0.210. The normalized spacial score (nSPS) is 21.7. The molecule has 1 amide bonds. The summed E-state index contributed by atoms with van der Waals surface area (Å²) in [6.07, 6.45) is 0. The lowest BCUT2D eigenvalue weighted by Crippen LogP contribution is -2.65. The fraction of sp³-hybridized carbons (Fsp3) is 0.185. The zero-order valence-electron chi connectivity index (χ0n) is 18.4. The van der Waals surface area contributed by atoms with Crippen LogP contribution in [0.1, 0.15) is 11.1 Å². The number of H-pyrrole nitrogens is 1. The molecule has 34 heavy (non-hydrogen) atoms. The van der Waals surface area contributed by atoms with Crippen LogP contribution in [0.2, 0.25) is 0 Å². The minimum Gasteiger partial charge on any atom is -0.434 e. The molecule has 170 valence electrons. The van der Waals surface area contributed by atoms with Gasteiger partial charge in [0.05, 0.1) is 0 Å². The average molecular weight is 453 g/mol. The Bertz CT molecular complexity index is 1280. The number of carbonyl (C=O) groups is 2. The van der Waals surface area contributed by atoms with E-state index in [9.17, 15) is 9.59 Å². The van der Waals surface area contributed by atoms with E-state index in [1.165, 1.54) is 0 Å². The smallest absolute Gasteiger partial charge is 0.327 e. The summed E-state index contributed by atoms with van der Waals surface area (Å²) in [4.78, 5) is 32.0. The van der Waals surface area contributed by atoms with Gasteiger partial charge in [-0.2, -0.15) is 0 Å². The van der Waals surface area contributed by atoms with Crippen molar-refractivity contribution in [3.8, 4) is 0 Å². The van der Waals surface area contributed by atoms with Crippen molar-refractivity contribution in [3.05, 3.63) is 102 Å². The third-order valence-corrected chi connectivity index (χ3v) is 6.65. The topological polar surface area (TPSA) is 86.5 Å². The van der Waals surface area contributed by atoms with Gasteiger partial charge in [0.2, 0.25) is 11.6 Å². The SMILES string of the molecule is O=C(Nc1cc2ccccc2[nH]1)C1CNCC2C(=O)OC(c3ccccc3)(c3ccccc3)N12. The molecule has 2 saturated heterocycles. The first-order chi connectivity index (χ1) is 16.7. The number of fused-ring (bicyclic) bond motifs is 2. The maximum Gasteiger partial charge on any atom is 0.327 e. The molecule has 3 N–H and O–H groups in total. The lowest BCUT2D eigenvalue weighted by atomic mass is 9.90. The minimum atomic E-state index is -1.20. The molecule has 2 aliphatic rings. The number of nitrogens with one attached hydrogen (secondary N) is 3. The first-order valence-electron chi connectivity index (χ1n) is 11.4. The first kappa shape index (κ1) is 20.7. The quantitative estimate of drug-likeness (QED) is 0.414. The number of aromatic nitrogens is 1. The second kappa shape index (κ2) is 8.13. The monoisotopic (exact) mass is 452 g/mol. The van der Waals surface area contributed by atoms with Gasteiger partial charge < -0.3 is 20.4 Å². The molecule has 3 heterocycles. The van der Waals surface area contributed by atoms with Crippen LogP contribution in [-0.4, -0.2) is 46.9 Å². The summed E-state index contributed by atoms with van der Waals surface area (Å²) < 4.78 is 6.21. The Hall–Kier alpha value is -3.94. The summed E-state index contributed by atoms with van der Waals surface area (Å²) in [6, 6.07) is 27.8. The molecule has 0 saturated carbocycles. The number of nitrogens with zero attached hydrogens (tertiary/aromatic N) is 1. The van der Waals surface area contributed by atoms with Gasteiger partial charge in [-0.05, 0) is 12.1 Å². The standard InChI is InChI=1S/C27H24N4O3/c32-25(30-24-15-18-9-7-8-14-21(18)29-24)22-16-28-17-23-26(33)34-27(31(22)23,19-10-3-1-4-11-19)20-12-5-2-6-13-20/h1-15,22-23,28-29H,16-17H2,(H,30,32). The number of aromatic amines is 1. The van der Waals surface area contributed by atoms with Crippen molar-refractivity contribution in [1.29, 1.82) is 0 Å². The Morgan fingerprint density at radius 3 is 2.24 bits per heavy atom. The summed E-state index contributed by atoms with van der Waals surface area (Å²) in [5.74, 6) is 0.0615. The van der Waals surface area contributed by atoms with E-state index < -0.39 is 17.8 Å². The number of hydrogen-bond acceptors (Lipinski definition) is 5. The van der Waals surface area contributed by atoms with Gasteiger partial charge in [0, 0.05) is 35.1 Å². The number of cyclic esters (lactones) is 1. The third kappa shape index (κ3) is 3.21. The predicted octanol–water partition coefficient (Wildman–Crippen LogP) is 3.21. The molecule has 0 bridgehead atoms. The largest absolute Gasteiger partial charge is 0.434 e. The van der Waals surface area contributed by atoms with E-state index in [4.69, 9.17) is 4.74 Å². The molecule has 2 aliphatic heterocycles. The van der Waals surface area contributed by atoms with Gasteiger partial charge in [-0.3, -0.25) is 9.59 Å². The lowest BCUT2D eigenvalue weighted by Gasteiger charge is -2.44. The second-order valence-electron chi connectivity index (χ2n) is 8.65. The summed E-state index contributed by atoms with van der Waals surface area (Å²) >= 11 is 0. The molecule has 1 aromatic heterocycles. The Kier molecular flexibility index (Phi) is 4.94. The molecule has 2 unspecified atom stereocenters. The van der Waals surface area contributed by atoms with E-state index in [1.54, 1.807) is 0 Å². The van der Waals surface area contributed by atoms with Crippen molar-refractivity contribution in [3.63, 3.8) is 0 Å². The molecule has 0 spiro atoms. The Morgan fingerprint density at radius 2 is 1.56 bits per heavy atom. The van der Waals surface area contributed by atoms with Crippen molar-refractivity contribution >= 4 is 28.6 Å². The molecule has 0 aliphatic carbocycles. The zero-order chi connectivity index (χ0) is 23.1. The van der Waals surface area contributed by atoms with E-state index in [1.807, 2.05) is 95.9 Å². The molecular weight excluding hydrogens is 428 g/mol. The number of anilines is 1. The number of esters is 1. The maximum absolute atomic E-state index is 13.7. The van der Waals surface area contributed by atoms with Crippen molar-refractivity contribution in [2.24, 2.45) is 0 Å². The summed E-state index contributed by atoms with van der Waals surface area (Å²) in [5, 5.41) is 7.30. The number of benzene rings is 3. The number of carbonyl (C=O) groups excluding carboxylic acids is 2. The predicted molar refractivity (Wildman–Crippen MR) is 129 cm³/mol. The van der Waals surface area contributed by atoms with E-state index in [0.717, 1.165) is 22.0 Å². The molecule has 7 heteroatoms. The van der Waals surface area contributed by atoms with E-state index in [-0.39, 0.29) is 11.9 Å². The van der Waals surface area contributed by atoms with Crippen LogP contribution < -0.4 is 10.6 Å². The van der Waals surface area contributed by atoms with Gasteiger partial charge in [0.1, 0.15) is 17.9 Å². The molecule has 2 fully saturated rings. The molecule has 7 nitrogen and oxygen atoms in total. The van der Waals surface area contributed by atoms with E-state index >= 15 is 0 Å². The number of ether oxygens (including phenoxy) is 1. The summed E-state index contributed by atoms with van der Waals surface area (Å²) in [5.41, 5.74) is 1.36. The van der Waals surface area contributed by atoms with Gasteiger partial charge in [-0.1, -0.05) is 78.9 Å². The van der Waals surface area contributed by atoms with Crippen LogP contribution in [0.3, 0.4) is 0 Å². The Labute approximate surface area is 196 Å². The number of rotatable bonds is 4. The van der Waals surface area contributed by atoms with Crippen molar-refractivity contribution < 1.29 is 14.3 Å². The molecule has 4 aromatic rings. The van der Waals surface area contributed by atoms with Crippen molar-refractivity contribution in [1.82, 2.24) is 15.2 Å². The van der Waals surface area contributed by atoms with Crippen LogP contribution in [0.5, 0.6) is 0 Å². The van der Waals surface area contributed by atoms with Gasteiger partial charge in [0.25, 0.3) is 0 Å². The zero-order valence-corrected chi connectivity index (χ0v) is 18.4.